The number of esters is 1. The van der Waals surface area contributed by atoms with E-state index in [0.717, 1.165) is 18.4 Å². The molecule has 0 spiro atoms. The van der Waals surface area contributed by atoms with Crippen molar-refractivity contribution in [3.05, 3.63) is 65.2 Å². The maximum atomic E-state index is 12.2. The molecule has 0 fully saturated rings. The Hall–Kier alpha value is -2.13. The van der Waals surface area contributed by atoms with Crippen molar-refractivity contribution in [2.45, 2.75) is 39.7 Å². The zero-order chi connectivity index (χ0) is 16.7. The van der Waals surface area contributed by atoms with Gasteiger partial charge in [0.25, 0.3) is 0 Å². The third-order valence-electron chi connectivity index (χ3n) is 3.71. The van der Waals surface area contributed by atoms with Gasteiger partial charge in [0.1, 0.15) is 5.75 Å². The molecule has 0 radical (unpaired) electrons. The molecule has 23 heavy (non-hydrogen) atoms. The zero-order valence-electron chi connectivity index (χ0n) is 14.0. The summed E-state index contributed by atoms with van der Waals surface area (Å²) in [5, 5.41) is 0. The van der Waals surface area contributed by atoms with E-state index in [9.17, 15) is 4.79 Å². The molecule has 3 nitrogen and oxygen atoms in total. The van der Waals surface area contributed by atoms with Crippen LogP contribution in [0.25, 0.3) is 0 Å². The number of carbonyl (C=O) groups is 1. The average Bonchev–Trinajstić information content (AvgIpc) is 2.57. The highest BCUT2D eigenvalue weighted by Crippen LogP contribution is 2.19. The maximum Gasteiger partial charge on any atom is 0.343 e. The third kappa shape index (κ3) is 4.93. The van der Waals surface area contributed by atoms with E-state index in [1.54, 1.807) is 12.1 Å². The van der Waals surface area contributed by atoms with Crippen LogP contribution in [-0.2, 0) is 11.2 Å². The molecule has 1 unspecified atom stereocenters. The van der Waals surface area contributed by atoms with Crippen molar-refractivity contribution in [2.75, 3.05) is 6.61 Å². The largest absolute Gasteiger partial charge is 0.423 e. The van der Waals surface area contributed by atoms with Gasteiger partial charge in [-0.3, -0.25) is 0 Å². The lowest BCUT2D eigenvalue weighted by atomic mass is 10.1. The minimum Gasteiger partial charge on any atom is -0.423 e. The van der Waals surface area contributed by atoms with E-state index in [0.29, 0.717) is 17.9 Å². The maximum absolute atomic E-state index is 12.2. The van der Waals surface area contributed by atoms with Gasteiger partial charge in [0.15, 0.2) is 0 Å². The molecule has 2 rings (SSSR count). The van der Waals surface area contributed by atoms with Crippen molar-refractivity contribution in [2.24, 2.45) is 0 Å². The summed E-state index contributed by atoms with van der Waals surface area (Å²) >= 11 is 0. The lowest BCUT2D eigenvalue weighted by Crippen LogP contribution is -2.09. The molecular formula is C20H24O3. The van der Waals surface area contributed by atoms with Crippen LogP contribution in [-0.4, -0.2) is 12.6 Å². The number of hydrogen-bond acceptors (Lipinski definition) is 3. The smallest absolute Gasteiger partial charge is 0.343 e. The molecule has 0 aromatic heterocycles. The van der Waals surface area contributed by atoms with Crippen molar-refractivity contribution >= 4 is 5.97 Å². The van der Waals surface area contributed by atoms with E-state index in [4.69, 9.17) is 9.47 Å². The molecule has 3 heteroatoms. The number of benzene rings is 2. The summed E-state index contributed by atoms with van der Waals surface area (Å²) in [7, 11) is 0. The first-order valence-electron chi connectivity index (χ1n) is 8.16. The van der Waals surface area contributed by atoms with Gasteiger partial charge in [-0.15, -0.1) is 0 Å². The van der Waals surface area contributed by atoms with Gasteiger partial charge in [-0.05, 0) is 55.7 Å². The molecule has 0 saturated carbocycles. The van der Waals surface area contributed by atoms with E-state index in [-0.39, 0.29) is 12.1 Å². The molecule has 0 aliphatic rings. The fourth-order valence-electron chi connectivity index (χ4n) is 2.42. The summed E-state index contributed by atoms with van der Waals surface area (Å²) in [6.45, 7) is 6.77. The van der Waals surface area contributed by atoms with Gasteiger partial charge in [0.2, 0.25) is 0 Å². The van der Waals surface area contributed by atoms with E-state index >= 15 is 0 Å². The minimum absolute atomic E-state index is 0.0242. The quantitative estimate of drug-likeness (QED) is 0.535. The lowest BCUT2D eigenvalue weighted by molar-refractivity contribution is 0.0729. The van der Waals surface area contributed by atoms with Gasteiger partial charge in [-0.2, -0.15) is 0 Å². The van der Waals surface area contributed by atoms with Crippen LogP contribution >= 0.6 is 0 Å². The van der Waals surface area contributed by atoms with Crippen molar-refractivity contribution < 1.29 is 14.3 Å². The van der Waals surface area contributed by atoms with Crippen molar-refractivity contribution in [1.29, 1.82) is 0 Å². The Morgan fingerprint density at radius 2 is 1.65 bits per heavy atom. The van der Waals surface area contributed by atoms with Crippen molar-refractivity contribution in [3.63, 3.8) is 0 Å². The summed E-state index contributed by atoms with van der Waals surface area (Å²) < 4.78 is 10.9. The van der Waals surface area contributed by atoms with Crippen LogP contribution in [0.3, 0.4) is 0 Å². The predicted octanol–water partition coefficient (Wildman–Crippen LogP) is 4.96. The molecule has 0 aliphatic carbocycles. The first-order chi connectivity index (χ1) is 11.1. The molecule has 122 valence electrons. The number of ether oxygens (including phenoxy) is 2. The highest BCUT2D eigenvalue weighted by atomic mass is 16.5. The van der Waals surface area contributed by atoms with Crippen LogP contribution in [0.15, 0.2) is 48.5 Å². The normalized spacial score (nSPS) is 12.0. The summed E-state index contributed by atoms with van der Waals surface area (Å²) in [6, 6.07) is 15.0. The van der Waals surface area contributed by atoms with Crippen LogP contribution in [0.1, 0.15) is 54.8 Å². The van der Waals surface area contributed by atoms with Gasteiger partial charge < -0.3 is 9.47 Å². The second-order valence-electron chi connectivity index (χ2n) is 5.50. The van der Waals surface area contributed by atoms with Crippen molar-refractivity contribution in [3.8, 4) is 5.75 Å². The molecular weight excluding hydrogens is 288 g/mol. The van der Waals surface area contributed by atoms with Gasteiger partial charge in [-0.25, -0.2) is 4.79 Å². The average molecular weight is 312 g/mol. The third-order valence-corrected chi connectivity index (χ3v) is 3.71. The van der Waals surface area contributed by atoms with Crippen molar-refractivity contribution in [1.82, 2.24) is 0 Å². The monoisotopic (exact) mass is 312 g/mol. The molecule has 0 amide bonds. The van der Waals surface area contributed by atoms with Gasteiger partial charge in [-0.1, -0.05) is 37.6 Å². The van der Waals surface area contributed by atoms with E-state index in [1.807, 2.05) is 50.2 Å². The number of hydrogen-bond donors (Lipinski definition) is 0. The topological polar surface area (TPSA) is 35.5 Å². The minimum atomic E-state index is -0.344. The summed E-state index contributed by atoms with van der Waals surface area (Å²) in [5.41, 5.74) is 2.84. The molecule has 0 N–H and O–H groups in total. The molecule has 0 heterocycles. The molecule has 0 saturated heterocycles. The number of rotatable bonds is 7. The lowest BCUT2D eigenvalue weighted by Gasteiger charge is -2.12. The fourth-order valence-corrected chi connectivity index (χ4v) is 2.42. The highest BCUT2D eigenvalue weighted by molar-refractivity contribution is 5.91. The first kappa shape index (κ1) is 17.2. The van der Waals surface area contributed by atoms with Crippen LogP contribution in [0.4, 0.5) is 0 Å². The Labute approximate surface area is 138 Å². The van der Waals surface area contributed by atoms with E-state index in [2.05, 4.69) is 6.92 Å². The van der Waals surface area contributed by atoms with Crippen LogP contribution in [0.2, 0.25) is 0 Å². The summed E-state index contributed by atoms with van der Waals surface area (Å²) in [5.74, 6) is 0.227. The summed E-state index contributed by atoms with van der Waals surface area (Å²) in [4.78, 5) is 12.2. The standard InChI is InChI=1S/C20H24O3/c1-4-6-16-7-13-19(14-8-16)23-20(21)18-11-9-17(10-12-18)15(3)22-5-2/h7-15H,4-6H2,1-3H3. The Kier molecular flexibility index (Phi) is 6.36. The number of aryl methyl sites for hydroxylation is 1. The second-order valence-corrected chi connectivity index (χ2v) is 5.50. The SMILES string of the molecule is CCCc1ccc(OC(=O)c2ccc(C(C)OCC)cc2)cc1. The Morgan fingerprint density at radius 1 is 1.00 bits per heavy atom. The summed E-state index contributed by atoms with van der Waals surface area (Å²) in [6.07, 6.45) is 2.16. The molecule has 0 bridgehead atoms. The Morgan fingerprint density at radius 3 is 2.22 bits per heavy atom. The highest BCUT2D eigenvalue weighted by Gasteiger charge is 2.10. The molecule has 1 atom stereocenters. The van der Waals surface area contributed by atoms with Crippen LogP contribution < -0.4 is 4.74 Å². The first-order valence-corrected chi connectivity index (χ1v) is 8.16. The van der Waals surface area contributed by atoms with E-state index < -0.39 is 0 Å². The van der Waals surface area contributed by atoms with Crippen LogP contribution in [0.5, 0.6) is 5.75 Å². The molecule has 2 aromatic rings. The zero-order valence-corrected chi connectivity index (χ0v) is 14.0. The fraction of sp³-hybridized carbons (Fsp3) is 0.350. The van der Waals surface area contributed by atoms with Gasteiger partial charge in [0.05, 0.1) is 11.7 Å². The predicted molar refractivity (Wildman–Crippen MR) is 91.9 cm³/mol. The number of carbonyl (C=O) groups excluding carboxylic acids is 1. The second kappa shape index (κ2) is 8.49. The van der Waals surface area contributed by atoms with Gasteiger partial charge in [0, 0.05) is 6.61 Å². The van der Waals surface area contributed by atoms with E-state index in [1.165, 1.54) is 5.56 Å². The Bertz CT molecular complexity index is 614. The molecule has 0 aliphatic heterocycles. The van der Waals surface area contributed by atoms with Gasteiger partial charge >= 0.3 is 5.97 Å². The van der Waals surface area contributed by atoms with Crippen LogP contribution in [0, 0.1) is 0 Å². The Balaban J connectivity index is 2.00. The molecule has 2 aromatic carbocycles.